The van der Waals surface area contributed by atoms with Crippen LogP contribution in [0.1, 0.15) is 13.3 Å². The van der Waals surface area contributed by atoms with Crippen LogP contribution in [0.25, 0.3) is 0 Å². The summed E-state index contributed by atoms with van der Waals surface area (Å²) in [6.45, 7) is 2.10. The highest BCUT2D eigenvalue weighted by molar-refractivity contribution is 5.78. The quantitative estimate of drug-likeness (QED) is 0.557. The van der Waals surface area contributed by atoms with Crippen molar-refractivity contribution in [2.24, 2.45) is 0 Å². The maximum atomic E-state index is 11.6. The fraction of sp³-hybridized carbons (Fsp3) is 0.615. The summed E-state index contributed by atoms with van der Waals surface area (Å²) < 4.78 is 5.74. The summed E-state index contributed by atoms with van der Waals surface area (Å²) in [7, 11) is 1.71. The van der Waals surface area contributed by atoms with Crippen LogP contribution in [-0.2, 0) is 9.53 Å². The van der Waals surface area contributed by atoms with E-state index >= 15 is 0 Å². The molecule has 0 aromatic carbocycles. The Morgan fingerprint density at radius 3 is 3.05 bits per heavy atom. The number of hydrogen-bond acceptors (Lipinski definition) is 7. The Labute approximate surface area is 123 Å². The highest BCUT2D eigenvalue weighted by Gasteiger charge is 2.35. The van der Waals surface area contributed by atoms with Gasteiger partial charge in [0.15, 0.2) is 6.23 Å². The molecule has 0 unspecified atom stereocenters. The van der Waals surface area contributed by atoms with Crippen LogP contribution in [0, 0.1) is 0 Å². The summed E-state index contributed by atoms with van der Waals surface area (Å²) >= 11 is 0. The third-order valence-electron chi connectivity index (χ3n) is 3.33. The molecule has 0 saturated carbocycles. The summed E-state index contributed by atoms with van der Waals surface area (Å²) in [6.07, 6.45) is 1.92. The van der Waals surface area contributed by atoms with Crippen molar-refractivity contribution in [3.05, 3.63) is 18.6 Å². The van der Waals surface area contributed by atoms with E-state index in [0.717, 1.165) is 0 Å². The lowest BCUT2D eigenvalue weighted by Gasteiger charge is -2.38. The first-order valence-corrected chi connectivity index (χ1v) is 6.90. The summed E-state index contributed by atoms with van der Waals surface area (Å²) in [6, 6.07) is 1.48. The van der Waals surface area contributed by atoms with Crippen molar-refractivity contribution in [3.63, 3.8) is 0 Å². The van der Waals surface area contributed by atoms with Gasteiger partial charge < -0.3 is 25.8 Å². The largest absolute Gasteiger partial charge is 0.388 e. The van der Waals surface area contributed by atoms with Gasteiger partial charge in [0.25, 0.3) is 0 Å². The molecule has 21 heavy (non-hydrogen) atoms. The number of aliphatic hydroxyl groups excluding tert-OH is 1. The molecule has 8 nitrogen and oxygen atoms in total. The van der Waals surface area contributed by atoms with E-state index in [2.05, 4.69) is 25.9 Å². The Kier molecular flexibility index (Phi) is 5.43. The molecule has 2 rings (SSSR count). The third-order valence-corrected chi connectivity index (χ3v) is 3.33. The van der Waals surface area contributed by atoms with Gasteiger partial charge in [0.05, 0.1) is 18.7 Å². The lowest BCUT2D eigenvalue weighted by molar-refractivity contribution is -0.132. The molecule has 1 amide bonds. The lowest BCUT2D eigenvalue weighted by Crippen LogP contribution is -2.56. The second-order valence-electron chi connectivity index (χ2n) is 5.01. The van der Waals surface area contributed by atoms with Gasteiger partial charge >= 0.3 is 0 Å². The summed E-state index contributed by atoms with van der Waals surface area (Å²) in [5.74, 6) is 0.464. The molecule has 1 aliphatic rings. The number of aromatic nitrogens is 2. The number of nitrogens with one attached hydrogen (secondary N) is 3. The first-order chi connectivity index (χ1) is 10.1. The monoisotopic (exact) mass is 295 g/mol. The standard InChI is InChI=1S/C13H21N5O3/c1-8-9(17-12(20)6-14-2)5-10(19)13(21-8)18-11-3-4-15-7-16-11/h3-4,7-10,13-14,19H,5-6H2,1-2H3,(H,17,20)(H,15,16,18)/t8-,9+,10+,13-/m0/s1. The van der Waals surface area contributed by atoms with Gasteiger partial charge in [-0.15, -0.1) is 0 Å². The normalized spacial score (nSPS) is 28.9. The summed E-state index contributed by atoms with van der Waals surface area (Å²) in [5.41, 5.74) is 0. The van der Waals surface area contributed by atoms with Crippen molar-refractivity contribution < 1.29 is 14.6 Å². The van der Waals surface area contributed by atoms with Crippen molar-refractivity contribution >= 4 is 11.7 Å². The zero-order chi connectivity index (χ0) is 15.2. The van der Waals surface area contributed by atoms with E-state index in [1.807, 2.05) is 6.92 Å². The Morgan fingerprint density at radius 1 is 1.57 bits per heavy atom. The predicted molar refractivity (Wildman–Crippen MR) is 76.5 cm³/mol. The Morgan fingerprint density at radius 2 is 2.38 bits per heavy atom. The number of rotatable bonds is 5. The van der Waals surface area contributed by atoms with Crippen molar-refractivity contribution in [1.29, 1.82) is 0 Å². The second-order valence-corrected chi connectivity index (χ2v) is 5.01. The van der Waals surface area contributed by atoms with Crippen LogP contribution in [0.15, 0.2) is 18.6 Å². The second kappa shape index (κ2) is 7.30. The van der Waals surface area contributed by atoms with Gasteiger partial charge in [-0.1, -0.05) is 0 Å². The van der Waals surface area contributed by atoms with Gasteiger partial charge in [0, 0.05) is 12.6 Å². The van der Waals surface area contributed by atoms with Crippen LogP contribution in [-0.4, -0.2) is 59.1 Å². The molecule has 116 valence electrons. The number of carbonyl (C=O) groups is 1. The van der Waals surface area contributed by atoms with Crippen LogP contribution in [0.3, 0.4) is 0 Å². The van der Waals surface area contributed by atoms with Crippen LogP contribution >= 0.6 is 0 Å². The molecule has 1 fully saturated rings. The molecule has 2 heterocycles. The smallest absolute Gasteiger partial charge is 0.234 e. The maximum absolute atomic E-state index is 11.6. The fourth-order valence-electron chi connectivity index (χ4n) is 2.24. The lowest BCUT2D eigenvalue weighted by atomic mass is 9.99. The van der Waals surface area contributed by atoms with E-state index in [1.54, 1.807) is 19.3 Å². The number of aliphatic hydroxyl groups is 1. The van der Waals surface area contributed by atoms with Crippen molar-refractivity contribution in [1.82, 2.24) is 20.6 Å². The van der Waals surface area contributed by atoms with E-state index in [4.69, 9.17) is 4.74 Å². The highest BCUT2D eigenvalue weighted by atomic mass is 16.5. The van der Waals surface area contributed by atoms with Crippen molar-refractivity contribution in [2.45, 2.75) is 37.8 Å². The van der Waals surface area contributed by atoms with E-state index in [-0.39, 0.29) is 24.6 Å². The molecular formula is C13H21N5O3. The number of hydrogen-bond donors (Lipinski definition) is 4. The molecule has 1 aromatic rings. The van der Waals surface area contributed by atoms with Crippen LogP contribution in [0.5, 0.6) is 0 Å². The number of carbonyl (C=O) groups excluding carboxylic acids is 1. The molecule has 0 aliphatic carbocycles. The number of anilines is 1. The first-order valence-electron chi connectivity index (χ1n) is 6.90. The highest BCUT2D eigenvalue weighted by Crippen LogP contribution is 2.21. The van der Waals surface area contributed by atoms with E-state index in [0.29, 0.717) is 12.2 Å². The van der Waals surface area contributed by atoms with E-state index in [9.17, 15) is 9.90 Å². The fourth-order valence-corrected chi connectivity index (χ4v) is 2.24. The van der Waals surface area contributed by atoms with E-state index in [1.165, 1.54) is 6.33 Å². The molecule has 8 heteroatoms. The minimum atomic E-state index is -0.740. The van der Waals surface area contributed by atoms with Crippen molar-refractivity contribution in [3.8, 4) is 0 Å². The van der Waals surface area contributed by atoms with Crippen LogP contribution in [0.4, 0.5) is 5.82 Å². The number of amides is 1. The molecule has 0 bridgehead atoms. The molecule has 1 aliphatic heterocycles. The zero-order valence-electron chi connectivity index (χ0n) is 12.1. The number of ether oxygens (including phenoxy) is 1. The average molecular weight is 295 g/mol. The number of likely N-dealkylation sites (N-methyl/N-ethyl adjacent to an activating group) is 1. The van der Waals surface area contributed by atoms with Gasteiger partial charge in [0.1, 0.15) is 18.2 Å². The van der Waals surface area contributed by atoms with Gasteiger partial charge in [-0.3, -0.25) is 4.79 Å². The molecule has 0 radical (unpaired) electrons. The summed E-state index contributed by atoms with van der Waals surface area (Å²) in [5, 5.41) is 18.8. The average Bonchev–Trinajstić information content (AvgIpc) is 2.45. The Balaban J connectivity index is 1.91. The minimum absolute atomic E-state index is 0.118. The first kappa shape index (κ1) is 15.6. The molecule has 4 N–H and O–H groups in total. The van der Waals surface area contributed by atoms with Crippen LogP contribution < -0.4 is 16.0 Å². The summed E-state index contributed by atoms with van der Waals surface area (Å²) in [4.78, 5) is 19.5. The van der Waals surface area contributed by atoms with Crippen molar-refractivity contribution in [2.75, 3.05) is 18.9 Å². The van der Waals surface area contributed by atoms with Gasteiger partial charge in [0.2, 0.25) is 5.91 Å². The number of nitrogens with zero attached hydrogens (tertiary/aromatic N) is 2. The predicted octanol–water partition coefficient (Wildman–Crippen LogP) is -0.911. The van der Waals surface area contributed by atoms with Gasteiger partial charge in [-0.2, -0.15) is 0 Å². The zero-order valence-corrected chi connectivity index (χ0v) is 12.1. The van der Waals surface area contributed by atoms with E-state index < -0.39 is 12.3 Å². The Bertz CT molecular complexity index is 458. The maximum Gasteiger partial charge on any atom is 0.234 e. The third kappa shape index (κ3) is 4.35. The Hall–Kier alpha value is -1.77. The molecule has 0 spiro atoms. The topological polar surface area (TPSA) is 108 Å². The van der Waals surface area contributed by atoms with Gasteiger partial charge in [-0.05, 0) is 20.0 Å². The molecule has 1 aromatic heterocycles. The van der Waals surface area contributed by atoms with Crippen LogP contribution in [0.2, 0.25) is 0 Å². The van der Waals surface area contributed by atoms with Gasteiger partial charge in [-0.25, -0.2) is 9.97 Å². The minimum Gasteiger partial charge on any atom is -0.388 e. The molecule has 4 atom stereocenters. The molecular weight excluding hydrogens is 274 g/mol. The molecule has 1 saturated heterocycles. The SMILES string of the molecule is CNCC(=O)N[C@@H]1C[C@@H](O)[C@@H](Nc2ccncn2)O[C@H]1C.